The average molecular weight is 402 g/mol. The van der Waals surface area contributed by atoms with E-state index in [2.05, 4.69) is 0 Å². The molecule has 0 spiro atoms. The lowest BCUT2D eigenvalue weighted by atomic mass is 9.86. The zero-order valence-corrected chi connectivity index (χ0v) is 17.8. The van der Waals surface area contributed by atoms with Gasteiger partial charge in [-0.3, -0.25) is 0 Å². The van der Waals surface area contributed by atoms with E-state index in [9.17, 15) is 15.0 Å². The molecule has 158 valence electrons. The Bertz CT molecular complexity index is 902. The van der Waals surface area contributed by atoms with Crippen LogP contribution in [0.1, 0.15) is 39.0 Å². The maximum atomic E-state index is 11.5. The maximum absolute atomic E-state index is 11.5. The Morgan fingerprint density at radius 3 is 2.48 bits per heavy atom. The number of allylic oxidation sites excluding steroid dienone is 6. The third-order valence-electron chi connectivity index (χ3n) is 5.22. The van der Waals surface area contributed by atoms with Gasteiger partial charge in [0.1, 0.15) is 28.8 Å². The monoisotopic (exact) mass is 402 g/mol. The van der Waals surface area contributed by atoms with E-state index >= 15 is 0 Å². The summed E-state index contributed by atoms with van der Waals surface area (Å²) in [4.78, 5) is 11.5. The Labute approximate surface area is 171 Å². The van der Waals surface area contributed by atoms with Crippen LogP contribution < -0.4 is 10.4 Å². The van der Waals surface area contributed by atoms with Gasteiger partial charge < -0.3 is 24.1 Å². The van der Waals surface area contributed by atoms with E-state index in [4.69, 9.17) is 13.9 Å². The van der Waals surface area contributed by atoms with Crippen molar-refractivity contribution in [2.45, 2.75) is 58.0 Å². The highest BCUT2D eigenvalue weighted by Crippen LogP contribution is 2.39. The molecule has 29 heavy (non-hydrogen) atoms. The molecule has 6 heteroatoms. The van der Waals surface area contributed by atoms with E-state index in [1.807, 2.05) is 38.2 Å². The van der Waals surface area contributed by atoms with Crippen LogP contribution in [0.2, 0.25) is 0 Å². The Hall–Kier alpha value is -2.41. The SMILES string of the molecule is COc1cc(=O)oc(C=CC=CC=CC(C)=C[C@@]2(C)O[C@@H](C)[C@@](C)(O)[C@@H]2O)c1C. The molecule has 1 saturated heterocycles. The Kier molecular flexibility index (Phi) is 7.06. The van der Waals surface area contributed by atoms with Crippen molar-refractivity contribution in [3.8, 4) is 5.75 Å². The van der Waals surface area contributed by atoms with Gasteiger partial charge in [-0.2, -0.15) is 0 Å². The molecule has 0 saturated carbocycles. The molecule has 0 aromatic carbocycles. The van der Waals surface area contributed by atoms with Gasteiger partial charge in [0.2, 0.25) is 0 Å². The molecular weight excluding hydrogens is 372 g/mol. The lowest BCUT2D eigenvalue weighted by molar-refractivity contribution is -0.0579. The van der Waals surface area contributed by atoms with Crippen molar-refractivity contribution in [3.63, 3.8) is 0 Å². The summed E-state index contributed by atoms with van der Waals surface area (Å²) in [5, 5.41) is 20.8. The number of ether oxygens (including phenoxy) is 2. The summed E-state index contributed by atoms with van der Waals surface area (Å²) >= 11 is 0. The van der Waals surface area contributed by atoms with E-state index in [1.54, 1.807) is 39.0 Å². The van der Waals surface area contributed by atoms with E-state index in [0.717, 1.165) is 11.1 Å². The van der Waals surface area contributed by atoms with Gasteiger partial charge in [0, 0.05) is 5.56 Å². The van der Waals surface area contributed by atoms with Crippen molar-refractivity contribution in [2.24, 2.45) is 0 Å². The standard InChI is InChI=1S/C23H30O6/c1-15(14-22(4)21(25)23(5,26)17(3)29-22)11-9-7-8-10-12-18-16(2)19(27-6)13-20(24)28-18/h7-14,17,21,25-26H,1-6H3/t17-,21+,22+,23+/m0/s1. The van der Waals surface area contributed by atoms with Crippen LogP contribution in [0.3, 0.4) is 0 Å². The Morgan fingerprint density at radius 2 is 1.90 bits per heavy atom. The number of methoxy groups -OCH3 is 1. The quantitative estimate of drug-likeness (QED) is 0.710. The second kappa shape index (κ2) is 8.95. The topological polar surface area (TPSA) is 89.1 Å². The van der Waals surface area contributed by atoms with Gasteiger partial charge in [-0.25, -0.2) is 4.79 Å². The van der Waals surface area contributed by atoms with Gasteiger partial charge in [0.15, 0.2) is 0 Å². The Morgan fingerprint density at radius 1 is 1.24 bits per heavy atom. The van der Waals surface area contributed by atoms with E-state index in [0.29, 0.717) is 11.5 Å². The molecule has 0 bridgehead atoms. The van der Waals surface area contributed by atoms with Crippen LogP contribution in [-0.4, -0.2) is 40.7 Å². The van der Waals surface area contributed by atoms with Gasteiger partial charge in [0.25, 0.3) is 0 Å². The summed E-state index contributed by atoms with van der Waals surface area (Å²) in [5.74, 6) is 0.934. The lowest BCUT2D eigenvalue weighted by Crippen LogP contribution is -2.47. The molecule has 1 aromatic heterocycles. The summed E-state index contributed by atoms with van der Waals surface area (Å²) < 4.78 is 16.1. The molecule has 6 nitrogen and oxygen atoms in total. The van der Waals surface area contributed by atoms with Crippen LogP contribution in [0.4, 0.5) is 0 Å². The first-order chi connectivity index (χ1) is 13.5. The molecule has 2 N–H and O–H groups in total. The molecule has 1 fully saturated rings. The molecule has 4 atom stereocenters. The van der Waals surface area contributed by atoms with Gasteiger partial charge in [-0.1, -0.05) is 36.0 Å². The lowest BCUT2D eigenvalue weighted by Gasteiger charge is -2.28. The molecule has 0 unspecified atom stereocenters. The van der Waals surface area contributed by atoms with E-state index in [1.165, 1.54) is 13.2 Å². The first kappa shape index (κ1) is 22.9. The van der Waals surface area contributed by atoms with Crippen LogP contribution in [0, 0.1) is 6.92 Å². The van der Waals surface area contributed by atoms with Crippen molar-refractivity contribution in [1.29, 1.82) is 0 Å². The highest BCUT2D eigenvalue weighted by atomic mass is 16.6. The predicted molar refractivity (Wildman–Crippen MR) is 113 cm³/mol. The number of hydrogen-bond acceptors (Lipinski definition) is 6. The van der Waals surface area contributed by atoms with Crippen LogP contribution in [0.5, 0.6) is 5.75 Å². The van der Waals surface area contributed by atoms with Crippen LogP contribution in [0.15, 0.2) is 57.3 Å². The summed E-state index contributed by atoms with van der Waals surface area (Å²) in [7, 11) is 1.51. The highest BCUT2D eigenvalue weighted by molar-refractivity contribution is 5.52. The van der Waals surface area contributed by atoms with Crippen LogP contribution in [-0.2, 0) is 4.74 Å². The van der Waals surface area contributed by atoms with Crippen molar-refractivity contribution >= 4 is 6.08 Å². The first-order valence-corrected chi connectivity index (χ1v) is 9.49. The van der Waals surface area contributed by atoms with Crippen molar-refractivity contribution in [1.82, 2.24) is 0 Å². The van der Waals surface area contributed by atoms with Crippen LogP contribution in [0.25, 0.3) is 6.08 Å². The van der Waals surface area contributed by atoms with E-state index in [-0.39, 0.29) is 0 Å². The number of aliphatic hydroxyl groups is 2. The van der Waals surface area contributed by atoms with Gasteiger partial charge in [0.05, 0.1) is 19.3 Å². The summed E-state index contributed by atoms with van der Waals surface area (Å²) in [6.45, 7) is 8.79. The molecule has 1 aliphatic heterocycles. The summed E-state index contributed by atoms with van der Waals surface area (Å²) in [6.07, 6.45) is 11.1. The minimum absolute atomic E-state index is 0.445. The number of rotatable bonds is 6. The molecule has 0 aliphatic carbocycles. The second-order valence-corrected chi connectivity index (χ2v) is 7.69. The maximum Gasteiger partial charge on any atom is 0.339 e. The second-order valence-electron chi connectivity index (χ2n) is 7.69. The number of aliphatic hydroxyl groups excluding tert-OH is 1. The summed E-state index contributed by atoms with van der Waals surface area (Å²) in [6, 6.07) is 1.31. The van der Waals surface area contributed by atoms with Gasteiger partial charge >= 0.3 is 5.63 Å². The van der Waals surface area contributed by atoms with E-state index < -0.39 is 29.0 Å². The molecule has 0 radical (unpaired) electrons. The minimum Gasteiger partial charge on any atom is -0.496 e. The molecule has 1 aliphatic rings. The third-order valence-corrected chi connectivity index (χ3v) is 5.22. The fraction of sp³-hybridized carbons (Fsp3) is 0.435. The van der Waals surface area contributed by atoms with Gasteiger partial charge in [-0.05, 0) is 46.8 Å². The molecular formula is C23H30O6. The fourth-order valence-corrected chi connectivity index (χ4v) is 3.38. The first-order valence-electron chi connectivity index (χ1n) is 9.49. The normalized spacial score (nSPS) is 30.8. The molecule has 1 aromatic rings. The largest absolute Gasteiger partial charge is 0.496 e. The Balaban J connectivity index is 2.04. The minimum atomic E-state index is -1.30. The predicted octanol–water partition coefficient (Wildman–Crippen LogP) is 3.32. The zero-order valence-electron chi connectivity index (χ0n) is 17.8. The molecule has 2 rings (SSSR count). The smallest absolute Gasteiger partial charge is 0.339 e. The summed E-state index contributed by atoms with van der Waals surface area (Å²) in [5.41, 5.74) is -1.08. The van der Waals surface area contributed by atoms with Crippen molar-refractivity contribution in [3.05, 3.63) is 69.8 Å². The van der Waals surface area contributed by atoms with Crippen molar-refractivity contribution in [2.75, 3.05) is 7.11 Å². The zero-order chi connectivity index (χ0) is 21.8. The third kappa shape index (κ3) is 5.15. The average Bonchev–Trinajstić information content (AvgIpc) is 2.79. The van der Waals surface area contributed by atoms with Gasteiger partial charge in [-0.15, -0.1) is 0 Å². The van der Waals surface area contributed by atoms with Crippen LogP contribution >= 0.6 is 0 Å². The fourth-order valence-electron chi connectivity index (χ4n) is 3.38. The van der Waals surface area contributed by atoms with Crippen molar-refractivity contribution < 1.29 is 24.1 Å². The number of hydrogen-bond donors (Lipinski definition) is 2. The molecule has 2 heterocycles. The highest BCUT2D eigenvalue weighted by Gasteiger charge is 2.55. The molecule has 0 amide bonds.